The molecule has 0 bridgehead atoms. The molecular weight excluding hydrogens is 414 g/mol. The van der Waals surface area contributed by atoms with E-state index in [-0.39, 0.29) is 24.5 Å². The van der Waals surface area contributed by atoms with Crippen LogP contribution in [0.3, 0.4) is 0 Å². The van der Waals surface area contributed by atoms with Crippen molar-refractivity contribution in [2.45, 2.75) is 44.7 Å². The molecule has 1 N–H and O–H groups in total. The SMILES string of the molecule is O=C(CCC1CCN(C(=O)COc2ccccc2)CC1)N[C@@H]1CCN(Cc2ccccc2)C1. The second kappa shape index (κ2) is 11.8. The summed E-state index contributed by atoms with van der Waals surface area (Å²) >= 11 is 0. The van der Waals surface area contributed by atoms with Gasteiger partial charge in [-0.2, -0.15) is 0 Å². The van der Waals surface area contributed by atoms with Crippen LogP contribution in [0.25, 0.3) is 0 Å². The first kappa shape index (κ1) is 23.3. The summed E-state index contributed by atoms with van der Waals surface area (Å²) in [6.07, 6.45) is 4.40. The molecule has 2 aliphatic rings. The molecule has 176 valence electrons. The van der Waals surface area contributed by atoms with E-state index >= 15 is 0 Å². The maximum absolute atomic E-state index is 12.5. The molecule has 0 saturated carbocycles. The van der Waals surface area contributed by atoms with Gasteiger partial charge in [-0.05, 0) is 49.3 Å². The maximum Gasteiger partial charge on any atom is 0.260 e. The third kappa shape index (κ3) is 7.32. The highest BCUT2D eigenvalue weighted by atomic mass is 16.5. The van der Waals surface area contributed by atoms with Crippen molar-refractivity contribution < 1.29 is 14.3 Å². The van der Waals surface area contributed by atoms with Gasteiger partial charge in [0.15, 0.2) is 6.61 Å². The van der Waals surface area contributed by atoms with Crippen molar-refractivity contribution in [3.05, 3.63) is 66.2 Å². The van der Waals surface area contributed by atoms with Crippen LogP contribution in [0.5, 0.6) is 5.75 Å². The van der Waals surface area contributed by atoms with E-state index in [1.807, 2.05) is 41.3 Å². The Morgan fingerprint density at radius 3 is 2.33 bits per heavy atom. The van der Waals surface area contributed by atoms with Crippen LogP contribution in [0.1, 0.15) is 37.7 Å². The van der Waals surface area contributed by atoms with Gasteiger partial charge in [-0.1, -0.05) is 48.5 Å². The summed E-state index contributed by atoms with van der Waals surface area (Å²) in [6, 6.07) is 20.2. The summed E-state index contributed by atoms with van der Waals surface area (Å²) in [5.74, 6) is 1.43. The van der Waals surface area contributed by atoms with Gasteiger partial charge in [-0.25, -0.2) is 0 Å². The maximum atomic E-state index is 12.5. The van der Waals surface area contributed by atoms with Crippen LogP contribution >= 0.6 is 0 Å². The van der Waals surface area contributed by atoms with Gasteiger partial charge in [-0.3, -0.25) is 14.5 Å². The van der Waals surface area contributed by atoms with Gasteiger partial charge < -0.3 is 15.0 Å². The molecule has 2 aromatic carbocycles. The number of nitrogens with one attached hydrogen (secondary N) is 1. The van der Waals surface area contributed by atoms with Crippen LogP contribution in [0, 0.1) is 5.92 Å². The third-order valence-electron chi connectivity index (χ3n) is 6.74. The molecule has 1 atom stereocenters. The van der Waals surface area contributed by atoms with E-state index in [0.29, 0.717) is 12.3 Å². The number of piperidine rings is 1. The van der Waals surface area contributed by atoms with Crippen LogP contribution in [-0.4, -0.2) is 60.4 Å². The summed E-state index contributed by atoms with van der Waals surface area (Å²) < 4.78 is 5.58. The Labute approximate surface area is 196 Å². The topological polar surface area (TPSA) is 61.9 Å². The second-order valence-electron chi connectivity index (χ2n) is 9.24. The van der Waals surface area contributed by atoms with E-state index < -0.39 is 0 Å². The number of carbonyl (C=O) groups is 2. The highest BCUT2D eigenvalue weighted by Gasteiger charge is 2.26. The first-order valence-electron chi connectivity index (χ1n) is 12.2. The Kier molecular flexibility index (Phi) is 8.36. The fourth-order valence-corrected chi connectivity index (χ4v) is 4.79. The number of rotatable bonds is 9. The largest absolute Gasteiger partial charge is 0.484 e. The van der Waals surface area contributed by atoms with E-state index in [4.69, 9.17) is 4.74 Å². The number of para-hydroxylation sites is 1. The van der Waals surface area contributed by atoms with Crippen molar-refractivity contribution in [2.75, 3.05) is 32.8 Å². The minimum Gasteiger partial charge on any atom is -0.484 e. The number of carbonyl (C=O) groups excluding carboxylic acids is 2. The Hall–Kier alpha value is -2.86. The van der Waals surface area contributed by atoms with Gasteiger partial charge in [0, 0.05) is 45.2 Å². The molecule has 0 spiro atoms. The van der Waals surface area contributed by atoms with Crippen LogP contribution in [-0.2, 0) is 16.1 Å². The average Bonchev–Trinajstić information content (AvgIpc) is 3.29. The minimum absolute atomic E-state index is 0.0383. The van der Waals surface area contributed by atoms with Crippen molar-refractivity contribution in [2.24, 2.45) is 5.92 Å². The van der Waals surface area contributed by atoms with E-state index in [0.717, 1.165) is 64.2 Å². The zero-order chi connectivity index (χ0) is 22.9. The molecule has 6 nitrogen and oxygen atoms in total. The Morgan fingerprint density at radius 1 is 0.909 bits per heavy atom. The molecule has 33 heavy (non-hydrogen) atoms. The Bertz CT molecular complexity index is 882. The van der Waals surface area contributed by atoms with Crippen molar-refractivity contribution in [1.29, 1.82) is 0 Å². The molecule has 2 amide bonds. The molecule has 0 radical (unpaired) electrons. The molecular formula is C27H35N3O3. The zero-order valence-electron chi connectivity index (χ0n) is 19.3. The van der Waals surface area contributed by atoms with E-state index in [1.165, 1.54) is 5.56 Å². The molecule has 2 aromatic rings. The van der Waals surface area contributed by atoms with E-state index in [9.17, 15) is 9.59 Å². The highest BCUT2D eigenvalue weighted by molar-refractivity contribution is 5.78. The predicted octanol–water partition coefficient (Wildman–Crippen LogP) is 3.47. The van der Waals surface area contributed by atoms with Crippen LogP contribution in [0.4, 0.5) is 0 Å². The Morgan fingerprint density at radius 2 is 1.61 bits per heavy atom. The second-order valence-corrected chi connectivity index (χ2v) is 9.24. The lowest BCUT2D eigenvalue weighted by atomic mass is 9.92. The fraction of sp³-hybridized carbons (Fsp3) is 0.481. The monoisotopic (exact) mass is 449 g/mol. The van der Waals surface area contributed by atoms with Gasteiger partial charge >= 0.3 is 0 Å². The normalized spacial score (nSPS) is 19.4. The summed E-state index contributed by atoms with van der Waals surface area (Å²) in [7, 11) is 0. The quantitative estimate of drug-likeness (QED) is 0.637. The van der Waals surface area contributed by atoms with Crippen molar-refractivity contribution in [3.8, 4) is 5.75 Å². The molecule has 2 fully saturated rings. The van der Waals surface area contributed by atoms with Gasteiger partial charge in [0.1, 0.15) is 5.75 Å². The average molecular weight is 450 g/mol. The first-order valence-corrected chi connectivity index (χ1v) is 12.2. The molecule has 2 heterocycles. The number of likely N-dealkylation sites (tertiary alicyclic amines) is 2. The zero-order valence-corrected chi connectivity index (χ0v) is 19.3. The molecule has 0 aliphatic carbocycles. The molecule has 2 saturated heterocycles. The van der Waals surface area contributed by atoms with Gasteiger partial charge in [0.25, 0.3) is 5.91 Å². The van der Waals surface area contributed by atoms with E-state index in [1.54, 1.807) is 0 Å². The third-order valence-corrected chi connectivity index (χ3v) is 6.74. The summed E-state index contributed by atoms with van der Waals surface area (Å²) in [6.45, 7) is 4.48. The number of amides is 2. The van der Waals surface area contributed by atoms with Gasteiger partial charge in [0.2, 0.25) is 5.91 Å². The minimum atomic E-state index is 0.0383. The summed E-state index contributed by atoms with van der Waals surface area (Å²) in [5, 5.41) is 3.23. The van der Waals surface area contributed by atoms with Crippen LogP contribution in [0.15, 0.2) is 60.7 Å². The first-order chi connectivity index (χ1) is 16.2. The number of hydrogen-bond acceptors (Lipinski definition) is 4. The molecule has 0 aromatic heterocycles. The number of nitrogens with zero attached hydrogens (tertiary/aromatic N) is 2. The van der Waals surface area contributed by atoms with Crippen molar-refractivity contribution >= 4 is 11.8 Å². The predicted molar refractivity (Wildman–Crippen MR) is 129 cm³/mol. The smallest absolute Gasteiger partial charge is 0.260 e. The van der Waals surface area contributed by atoms with Gasteiger partial charge in [-0.15, -0.1) is 0 Å². The summed E-state index contributed by atoms with van der Waals surface area (Å²) in [4.78, 5) is 29.2. The fourth-order valence-electron chi connectivity index (χ4n) is 4.79. The number of ether oxygens (including phenoxy) is 1. The number of hydrogen-bond donors (Lipinski definition) is 1. The molecule has 2 aliphatic heterocycles. The van der Waals surface area contributed by atoms with Crippen LogP contribution in [0.2, 0.25) is 0 Å². The van der Waals surface area contributed by atoms with Crippen molar-refractivity contribution in [1.82, 2.24) is 15.1 Å². The number of benzene rings is 2. The standard InChI is InChI=1S/C27H35N3O3/c31-26(28-24-15-16-29(20-24)19-23-7-3-1-4-8-23)12-11-22-13-17-30(18-14-22)27(32)21-33-25-9-5-2-6-10-25/h1-10,22,24H,11-21H2,(H,28,31)/t24-/m1/s1. The Balaban J connectivity index is 1.09. The lowest BCUT2D eigenvalue weighted by Crippen LogP contribution is -2.41. The molecule has 4 rings (SSSR count). The summed E-state index contributed by atoms with van der Waals surface area (Å²) in [5.41, 5.74) is 1.32. The lowest BCUT2D eigenvalue weighted by molar-refractivity contribution is -0.135. The molecule has 0 unspecified atom stereocenters. The van der Waals surface area contributed by atoms with Gasteiger partial charge in [0.05, 0.1) is 0 Å². The van der Waals surface area contributed by atoms with Crippen molar-refractivity contribution in [3.63, 3.8) is 0 Å². The highest BCUT2D eigenvalue weighted by Crippen LogP contribution is 2.22. The molecule has 6 heteroatoms. The lowest BCUT2D eigenvalue weighted by Gasteiger charge is -2.32. The van der Waals surface area contributed by atoms with Crippen LogP contribution < -0.4 is 10.1 Å². The van der Waals surface area contributed by atoms with E-state index in [2.05, 4.69) is 34.5 Å².